The van der Waals surface area contributed by atoms with Crippen LogP contribution in [0.25, 0.3) is 11.1 Å². The van der Waals surface area contributed by atoms with E-state index in [0.717, 1.165) is 0 Å². The standard InChI is InChI=1S/C23H32/c1-2-4-6-8-10-12-20-14-16-22-18-21(19-23(22)17-15-20)13-11-9-7-5-3-1/h14-19H,1-13H2. The van der Waals surface area contributed by atoms with Gasteiger partial charge in [0.1, 0.15) is 0 Å². The van der Waals surface area contributed by atoms with E-state index in [4.69, 9.17) is 0 Å². The predicted octanol–water partition coefficient (Wildman–Crippen LogP) is 7.18. The van der Waals surface area contributed by atoms with Crippen LogP contribution >= 0.6 is 0 Å². The molecule has 0 radical (unpaired) electrons. The van der Waals surface area contributed by atoms with Crippen molar-refractivity contribution in [1.82, 2.24) is 0 Å². The molecule has 4 aliphatic carbocycles. The molecule has 0 aromatic carbocycles. The van der Waals surface area contributed by atoms with Gasteiger partial charge in [0.05, 0.1) is 0 Å². The third kappa shape index (κ3) is 5.37. The van der Waals surface area contributed by atoms with E-state index >= 15 is 0 Å². The zero-order chi connectivity index (χ0) is 15.7. The van der Waals surface area contributed by atoms with Crippen LogP contribution < -0.4 is 0 Å². The summed E-state index contributed by atoms with van der Waals surface area (Å²) in [4.78, 5) is 0. The molecule has 0 heterocycles. The van der Waals surface area contributed by atoms with Gasteiger partial charge in [-0.1, -0.05) is 94.2 Å². The van der Waals surface area contributed by atoms with E-state index in [2.05, 4.69) is 36.4 Å². The monoisotopic (exact) mass is 308 g/mol. The second kappa shape index (κ2) is 9.11. The van der Waals surface area contributed by atoms with E-state index in [1.807, 2.05) is 0 Å². The fourth-order valence-electron chi connectivity index (χ4n) is 3.91. The summed E-state index contributed by atoms with van der Waals surface area (Å²) >= 11 is 0. The van der Waals surface area contributed by atoms with Crippen LogP contribution in [0.4, 0.5) is 0 Å². The summed E-state index contributed by atoms with van der Waals surface area (Å²) in [6.07, 6.45) is 18.1. The summed E-state index contributed by atoms with van der Waals surface area (Å²) in [6.45, 7) is 0. The van der Waals surface area contributed by atoms with Crippen LogP contribution in [0.3, 0.4) is 0 Å². The summed E-state index contributed by atoms with van der Waals surface area (Å²) in [5, 5.41) is 0. The van der Waals surface area contributed by atoms with Crippen molar-refractivity contribution in [2.75, 3.05) is 0 Å². The highest BCUT2D eigenvalue weighted by atomic mass is 14.1. The predicted molar refractivity (Wildman–Crippen MR) is 101 cm³/mol. The number of aryl methyl sites for hydroxylation is 2. The van der Waals surface area contributed by atoms with Crippen molar-refractivity contribution in [2.24, 2.45) is 0 Å². The lowest BCUT2D eigenvalue weighted by Gasteiger charge is -2.03. The molecule has 0 unspecified atom stereocenters. The highest BCUT2D eigenvalue weighted by Gasteiger charge is 2.06. The Bertz CT molecular complexity index is 508. The molecule has 0 spiro atoms. The number of rotatable bonds is 0. The van der Waals surface area contributed by atoms with E-state index in [9.17, 15) is 0 Å². The Morgan fingerprint density at radius 2 is 0.783 bits per heavy atom. The second-order valence-electron chi connectivity index (χ2n) is 7.40. The van der Waals surface area contributed by atoms with Gasteiger partial charge in [0, 0.05) is 0 Å². The van der Waals surface area contributed by atoms with Gasteiger partial charge in [0.25, 0.3) is 0 Å². The zero-order valence-corrected chi connectivity index (χ0v) is 14.7. The first-order valence-corrected chi connectivity index (χ1v) is 9.93. The smallest absolute Gasteiger partial charge is 0.0181 e. The maximum absolute atomic E-state index is 2.41. The molecule has 0 saturated carbocycles. The van der Waals surface area contributed by atoms with Gasteiger partial charge in [-0.3, -0.25) is 0 Å². The van der Waals surface area contributed by atoms with Crippen LogP contribution in [-0.4, -0.2) is 0 Å². The first kappa shape index (κ1) is 16.6. The fourth-order valence-corrected chi connectivity index (χ4v) is 3.91. The summed E-state index contributed by atoms with van der Waals surface area (Å²) < 4.78 is 0. The van der Waals surface area contributed by atoms with Gasteiger partial charge in [-0.25, -0.2) is 0 Å². The first-order valence-electron chi connectivity index (χ1n) is 9.93. The van der Waals surface area contributed by atoms with Gasteiger partial charge in [-0.2, -0.15) is 0 Å². The third-order valence-corrected chi connectivity index (χ3v) is 5.40. The van der Waals surface area contributed by atoms with Gasteiger partial charge >= 0.3 is 0 Å². The van der Waals surface area contributed by atoms with Crippen molar-refractivity contribution >= 4 is 0 Å². The average molecular weight is 309 g/mol. The van der Waals surface area contributed by atoms with Gasteiger partial charge in [-0.15, -0.1) is 0 Å². The van der Waals surface area contributed by atoms with Gasteiger partial charge in [0.15, 0.2) is 0 Å². The number of fused-ring (bicyclic) bond motifs is 14. The Labute approximate surface area is 142 Å². The third-order valence-electron chi connectivity index (χ3n) is 5.40. The minimum Gasteiger partial charge on any atom is -0.0584 e. The second-order valence-corrected chi connectivity index (χ2v) is 7.40. The number of hydrogen-bond acceptors (Lipinski definition) is 0. The Kier molecular flexibility index (Phi) is 6.55. The molecule has 4 rings (SSSR count). The molecule has 23 heavy (non-hydrogen) atoms. The minimum absolute atomic E-state index is 1.24. The largest absolute Gasteiger partial charge is 0.0584 e. The maximum atomic E-state index is 2.41. The zero-order valence-electron chi connectivity index (χ0n) is 14.7. The molecular formula is C23H32. The lowest BCUT2D eigenvalue weighted by molar-refractivity contribution is 0.545. The van der Waals surface area contributed by atoms with E-state index in [1.54, 1.807) is 0 Å². The van der Waals surface area contributed by atoms with E-state index in [-0.39, 0.29) is 0 Å². The van der Waals surface area contributed by atoms with Crippen molar-refractivity contribution in [3.63, 3.8) is 0 Å². The SMILES string of the molecule is c1cc2cc3cc-2ccc1CCCCCCCCCCCCC3. The van der Waals surface area contributed by atoms with Gasteiger partial charge in [0.2, 0.25) is 0 Å². The summed E-state index contributed by atoms with van der Waals surface area (Å²) in [5.74, 6) is 0. The molecule has 0 atom stereocenters. The molecule has 0 aliphatic heterocycles. The van der Waals surface area contributed by atoms with Crippen LogP contribution in [0.2, 0.25) is 0 Å². The normalized spacial score (nSPS) is 18.8. The van der Waals surface area contributed by atoms with Crippen LogP contribution in [0, 0.1) is 0 Å². The molecule has 0 aromatic rings. The van der Waals surface area contributed by atoms with Crippen LogP contribution in [-0.2, 0) is 12.8 Å². The first-order chi connectivity index (χ1) is 11.4. The lowest BCUT2D eigenvalue weighted by atomic mass is 10.0. The van der Waals surface area contributed by atoms with Crippen molar-refractivity contribution in [3.8, 4) is 11.1 Å². The van der Waals surface area contributed by atoms with Crippen LogP contribution in [0.5, 0.6) is 0 Å². The topological polar surface area (TPSA) is 0 Å². The van der Waals surface area contributed by atoms with E-state index in [1.165, 1.54) is 106 Å². The Balaban J connectivity index is 1.67. The highest BCUT2D eigenvalue weighted by molar-refractivity contribution is 5.68. The van der Waals surface area contributed by atoms with Crippen LogP contribution in [0.15, 0.2) is 36.4 Å². The highest BCUT2D eigenvalue weighted by Crippen LogP contribution is 2.27. The molecule has 0 aromatic heterocycles. The Morgan fingerprint density at radius 1 is 0.391 bits per heavy atom. The molecule has 0 nitrogen and oxygen atoms in total. The molecule has 0 saturated heterocycles. The number of hydrogen-bond donors (Lipinski definition) is 0. The fraction of sp³-hybridized carbons (Fsp3) is 0.565. The molecular weight excluding hydrogens is 276 g/mol. The average Bonchev–Trinajstić information content (AvgIpc) is 2.85. The molecule has 0 N–H and O–H groups in total. The maximum Gasteiger partial charge on any atom is -0.0181 e. The molecule has 0 amide bonds. The Morgan fingerprint density at radius 3 is 1.26 bits per heavy atom. The van der Waals surface area contributed by atoms with E-state index < -0.39 is 0 Å². The van der Waals surface area contributed by atoms with Gasteiger partial charge in [-0.05, 0) is 47.9 Å². The molecule has 0 fully saturated rings. The quantitative estimate of drug-likeness (QED) is 0.483. The van der Waals surface area contributed by atoms with Gasteiger partial charge < -0.3 is 0 Å². The summed E-state index contributed by atoms with van der Waals surface area (Å²) in [7, 11) is 0. The molecule has 124 valence electrons. The van der Waals surface area contributed by atoms with Crippen molar-refractivity contribution in [1.29, 1.82) is 0 Å². The molecule has 0 heteroatoms. The lowest BCUT2D eigenvalue weighted by Crippen LogP contribution is -1.85. The minimum atomic E-state index is 1.24. The molecule has 4 bridgehead atoms. The Hall–Kier alpha value is -1.30. The van der Waals surface area contributed by atoms with Crippen molar-refractivity contribution < 1.29 is 0 Å². The van der Waals surface area contributed by atoms with Crippen molar-refractivity contribution in [2.45, 2.75) is 83.5 Å². The summed E-state index contributed by atoms with van der Waals surface area (Å²) in [5.41, 5.74) is 5.87. The van der Waals surface area contributed by atoms with E-state index in [0.29, 0.717) is 0 Å². The summed E-state index contributed by atoms with van der Waals surface area (Å²) in [6, 6.07) is 14.2. The molecule has 4 aliphatic rings. The van der Waals surface area contributed by atoms with Crippen LogP contribution in [0.1, 0.15) is 81.8 Å². The van der Waals surface area contributed by atoms with Crippen molar-refractivity contribution in [3.05, 3.63) is 47.5 Å².